The minimum absolute atomic E-state index is 0.177. The van der Waals surface area contributed by atoms with Gasteiger partial charge in [-0.3, -0.25) is 0 Å². The number of hydrogen-bond acceptors (Lipinski definition) is 2. The number of halogens is 1. The number of aryl methyl sites for hydroxylation is 1. The van der Waals surface area contributed by atoms with Gasteiger partial charge in [0.05, 0.1) is 7.11 Å². The van der Waals surface area contributed by atoms with Crippen LogP contribution in [0.25, 0.3) is 0 Å². The monoisotopic (exact) mass is 246 g/mol. The van der Waals surface area contributed by atoms with Crippen LogP contribution in [0.15, 0.2) is 42.5 Å². The van der Waals surface area contributed by atoms with Crippen molar-refractivity contribution in [1.82, 2.24) is 0 Å². The second-order valence-corrected chi connectivity index (χ2v) is 4.15. The molecule has 0 spiro atoms. The van der Waals surface area contributed by atoms with E-state index in [0.29, 0.717) is 5.56 Å². The molecule has 0 aliphatic rings. The number of methoxy groups -OCH3 is 1. The summed E-state index contributed by atoms with van der Waals surface area (Å²) < 4.78 is 18.4. The third-order valence-electron chi connectivity index (χ3n) is 2.97. The van der Waals surface area contributed by atoms with Crippen molar-refractivity contribution in [3.8, 4) is 5.75 Å². The van der Waals surface area contributed by atoms with Gasteiger partial charge in [-0.2, -0.15) is 0 Å². The van der Waals surface area contributed by atoms with Gasteiger partial charge in [-0.25, -0.2) is 4.39 Å². The molecule has 0 heterocycles. The molecule has 0 radical (unpaired) electrons. The lowest BCUT2D eigenvalue weighted by molar-refractivity contribution is 0.218. The van der Waals surface area contributed by atoms with Crippen LogP contribution >= 0.6 is 0 Å². The molecule has 2 nitrogen and oxygen atoms in total. The Balaban J connectivity index is 2.37. The molecule has 0 saturated heterocycles. The number of aliphatic hydroxyl groups excluding tert-OH is 1. The van der Waals surface area contributed by atoms with Crippen LogP contribution < -0.4 is 4.74 Å². The second kappa shape index (κ2) is 5.19. The molecule has 94 valence electrons. The molecule has 0 amide bonds. The van der Waals surface area contributed by atoms with Gasteiger partial charge >= 0.3 is 0 Å². The highest BCUT2D eigenvalue weighted by molar-refractivity contribution is 5.38. The number of aliphatic hydroxyl groups is 1. The number of rotatable bonds is 3. The van der Waals surface area contributed by atoms with Gasteiger partial charge in [0.2, 0.25) is 0 Å². The molecule has 0 aliphatic heterocycles. The maximum Gasteiger partial charge on any atom is 0.165 e. The molecule has 0 saturated carbocycles. The van der Waals surface area contributed by atoms with Crippen molar-refractivity contribution in [3.05, 3.63) is 65.0 Å². The standard InChI is InChI=1S/C15H15FO2/c1-10-5-3-4-6-12(10)15(17)11-7-8-14(18-2)13(16)9-11/h3-9,15,17H,1-2H3. The van der Waals surface area contributed by atoms with E-state index in [1.165, 1.54) is 19.2 Å². The Labute approximate surface area is 106 Å². The topological polar surface area (TPSA) is 29.5 Å². The zero-order valence-electron chi connectivity index (χ0n) is 10.4. The summed E-state index contributed by atoms with van der Waals surface area (Å²) in [5.41, 5.74) is 2.27. The van der Waals surface area contributed by atoms with E-state index in [1.54, 1.807) is 6.07 Å². The third kappa shape index (κ3) is 2.36. The first kappa shape index (κ1) is 12.6. The van der Waals surface area contributed by atoms with Gasteiger partial charge in [0.15, 0.2) is 11.6 Å². The largest absolute Gasteiger partial charge is 0.494 e. The summed E-state index contributed by atoms with van der Waals surface area (Å²) in [4.78, 5) is 0. The summed E-state index contributed by atoms with van der Waals surface area (Å²) in [6.45, 7) is 1.92. The number of ether oxygens (including phenoxy) is 1. The molecule has 2 aromatic rings. The van der Waals surface area contributed by atoms with Gasteiger partial charge in [0.1, 0.15) is 6.10 Å². The van der Waals surface area contributed by atoms with Crippen molar-refractivity contribution in [2.75, 3.05) is 7.11 Å². The smallest absolute Gasteiger partial charge is 0.165 e. The fraction of sp³-hybridized carbons (Fsp3) is 0.200. The van der Waals surface area contributed by atoms with Crippen molar-refractivity contribution >= 4 is 0 Å². The van der Waals surface area contributed by atoms with Crippen molar-refractivity contribution in [1.29, 1.82) is 0 Å². The van der Waals surface area contributed by atoms with E-state index in [1.807, 2.05) is 31.2 Å². The Morgan fingerprint density at radius 1 is 1.17 bits per heavy atom. The molecular weight excluding hydrogens is 231 g/mol. The molecule has 1 atom stereocenters. The van der Waals surface area contributed by atoms with Crippen LogP contribution in [0.5, 0.6) is 5.75 Å². The Kier molecular flexibility index (Phi) is 3.63. The first-order valence-corrected chi connectivity index (χ1v) is 5.70. The quantitative estimate of drug-likeness (QED) is 0.901. The number of hydrogen-bond donors (Lipinski definition) is 1. The molecule has 2 aromatic carbocycles. The highest BCUT2D eigenvalue weighted by Gasteiger charge is 2.14. The van der Waals surface area contributed by atoms with Crippen molar-refractivity contribution in [2.45, 2.75) is 13.0 Å². The Morgan fingerprint density at radius 2 is 1.89 bits per heavy atom. The van der Waals surface area contributed by atoms with Crippen LogP contribution in [-0.2, 0) is 0 Å². The highest BCUT2D eigenvalue weighted by atomic mass is 19.1. The van der Waals surface area contributed by atoms with Gasteiger partial charge in [0, 0.05) is 0 Å². The fourth-order valence-corrected chi connectivity index (χ4v) is 1.93. The summed E-state index contributed by atoms with van der Waals surface area (Å²) in [5.74, 6) is -0.293. The van der Waals surface area contributed by atoms with Crippen LogP contribution in [0.1, 0.15) is 22.8 Å². The Bertz CT molecular complexity index is 552. The summed E-state index contributed by atoms with van der Waals surface area (Å²) in [6.07, 6.45) is -0.827. The summed E-state index contributed by atoms with van der Waals surface area (Å²) in [7, 11) is 1.41. The molecule has 2 rings (SSSR count). The first-order chi connectivity index (χ1) is 8.63. The predicted octanol–water partition coefficient (Wildman–Crippen LogP) is 3.22. The molecule has 1 unspecified atom stereocenters. The van der Waals surface area contributed by atoms with E-state index < -0.39 is 11.9 Å². The second-order valence-electron chi connectivity index (χ2n) is 4.15. The van der Waals surface area contributed by atoms with Gasteiger partial charge in [0.25, 0.3) is 0 Å². The van der Waals surface area contributed by atoms with Crippen molar-refractivity contribution in [2.24, 2.45) is 0 Å². The van der Waals surface area contributed by atoms with E-state index in [4.69, 9.17) is 4.74 Å². The lowest BCUT2D eigenvalue weighted by Crippen LogP contribution is -2.02. The molecule has 0 aliphatic carbocycles. The van der Waals surface area contributed by atoms with Crippen molar-refractivity contribution in [3.63, 3.8) is 0 Å². The molecule has 0 bridgehead atoms. The minimum atomic E-state index is -0.827. The normalized spacial score (nSPS) is 12.2. The lowest BCUT2D eigenvalue weighted by Gasteiger charge is -2.14. The average molecular weight is 246 g/mol. The van der Waals surface area contributed by atoms with E-state index in [0.717, 1.165) is 11.1 Å². The maximum atomic E-state index is 13.6. The minimum Gasteiger partial charge on any atom is -0.494 e. The molecule has 18 heavy (non-hydrogen) atoms. The van der Waals surface area contributed by atoms with E-state index >= 15 is 0 Å². The predicted molar refractivity (Wildman–Crippen MR) is 68.2 cm³/mol. The van der Waals surface area contributed by atoms with Crippen LogP contribution in [0, 0.1) is 12.7 Å². The SMILES string of the molecule is COc1ccc(C(O)c2ccccc2C)cc1F. The fourth-order valence-electron chi connectivity index (χ4n) is 1.93. The van der Waals surface area contributed by atoms with Gasteiger partial charge in [-0.15, -0.1) is 0 Å². The Morgan fingerprint density at radius 3 is 2.50 bits per heavy atom. The van der Waals surface area contributed by atoms with Crippen LogP contribution in [0.2, 0.25) is 0 Å². The van der Waals surface area contributed by atoms with Crippen LogP contribution in [0.4, 0.5) is 4.39 Å². The van der Waals surface area contributed by atoms with E-state index in [9.17, 15) is 9.50 Å². The summed E-state index contributed by atoms with van der Waals surface area (Å²) in [6, 6.07) is 12.0. The van der Waals surface area contributed by atoms with Crippen LogP contribution in [-0.4, -0.2) is 12.2 Å². The average Bonchev–Trinajstić information content (AvgIpc) is 2.38. The van der Waals surface area contributed by atoms with Crippen molar-refractivity contribution < 1.29 is 14.2 Å². The van der Waals surface area contributed by atoms with Crippen LogP contribution in [0.3, 0.4) is 0 Å². The lowest BCUT2D eigenvalue weighted by atomic mass is 9.97. The molecule has 0 aromatic heterocycles. The zero-order chi connectivity index (χ0) is 13.1. The van der Waals surface area contributed by atoms with Gasteiger partial charge < -0.3 is 9.84 Å². The van der Waals surface area contributed by atoms with Gasteiger partial charge in [-0.05, 0) is 35.7 Å². The van der Waals surface area contributed by atoms with E-state index in [2.05, 4.69) is 0 Å². The Hall–Kier alpha value is -1.87. The third-order valence-corrected chi connectivity index (χ3v) is 2.97. The van der Waals surface area contributed by atoms with Gasteiger partial charge in [-0.1, -0.05) is 30.3 Å². The molecule has 3 heteroatoms. The highest BCUT2D eigenvalue weighted by Crippen LogP contribution is 2.27. The number of benzene rings is 2. The maximum absolute atomic E-state index is 13.6. The van der Waals surface area contributed by atoms with E-state index in [-0.39, 0.29) is 5.75 Å². The summed E-state index contributed by atoms with van der Waals surface area (Å²) >= 11 is 0. The molecule has 0 fully saturated rings. The summed E-state index contributed by atoms with van der Waals surface area (Å²) in [5, 5.41) is 10.3. The molecular formula is C15H15FO2. The zero-order valence-corrected chi connectivity index (χ0v) is 10.4. The first-order valence-electron chi connectivity index (χ1n) is 5.70. The molecule has 1 N–H and O–H groups in total.